The molecule has 1 saturated heterocycles. The van der Waals surface area contributed by atoms with Gasteiger partial charge in [-0.3, -0.25) is 4.90 Å². The van der Waals surface area contributed by atoms with Crippen LogP contribution in [0.1, 0.15) is 59.7 Å². The number of nitrogens with zero attached hydrogens (tertiary/aromatic N) is 3. The summed E-state index contributed by atoms with van der Waals surface area (Å²) in [6, 6.07) is 19.0. The second kappa shape index (κ2) is 9.01. The largest absolute Gasteiger partial charge is 0.508 e. The number of likely N-dealkylation sites (tertiary alicyclic amines) is 1. The summed E-state index contributed by atoms with van der Waals surface area (Å²) in [5.74, 6) is 1.12. The molecule has 2 aliphatic rings. The van der Waals surface area contributed by atoms with Gasteiger partial charge in [0.2, 0.25) is 0 Å². The van der Waals surface area contributed by atoms with Crippen molar-refractivity contribution < 1.29 is 5.11 Å². The van der Waals surface area contributed by atoms with E-state index in [1.165, 1.54) is 45.4 Å². The molecule has 1 fully saturated rings. The zero-order chi connectivity index (χ0) is 23.9. The van der Waals surface area contributed by atoms with Gasteiger partial charge in [0.25, 0.3) is 0 Å². The van der Waals surface area contributed by atoms with Gasteiger partial charge in [0, 0.05) is 25.5 Å². The number of phenols is 1. The first-order valence-corrected chi connectivity index (χ1v) is 12.9. The second-order valence-electron chi connectivity index (χ2n) is 10.4. The molecular formula is C31H33N3O. The van der Waals surface area contributed by atoms with Crippen molar-refractivity contribution in [2.24, 2.45) is 5.92 Å². The van der Waals surface area contributed by atoms with Crippen molar-refractivity contribution in [2.45, 2.75) is 46.1 Å². The standard InChI is InChI=1S/C31H33N3O/c1-21-12-14-33(18-21)19-25-20-34-15-13-24(17-30(34)32-25)31-28-11-10-26(35)16-23(28)7-5-9-29(31)27-8-4-3-6-22(27)2/h3-4,6,8,10-11,13,15-17,20-21,35H,5,7,9,12,14,18-19H2,1-2H3/t21-/m1/s1. The first kappa shape index (κ1) is 22.1. The third-order valence-corrected chi connectivity index (χ3v) is 7.70. The number of allylic oxidation sites excluding steroid dienone is 1. The molecule has 1 aliphatic heterocycles. The molecule has 0 unspecified atom stereocenters. The first-order valence-electron chi connectivity index (χ1n) is 12.9. The predicted octanol–water partition coefficient (Wildman–Crippen LogP) is 6.49. The highest BCUT2D eigenvalue weighted by Gasteiger charge is 2.23. The number of imidazole rings is 1. The minimum atomic E-state index is 0.340. The van der Waals surface area contributed by atoms with E-state index >= 15 is 0 Å². The van der Waals surface area contributed by atoms with Gasteiger partial charge in [0.1, 0.15) is 11.4 Å². The van der Waals surface area contributed by atoms with E-state index in [1.54, 1.807) is 0 Å². The van der Waals surface area contributed by atoms with Gasteiger partial charge in [-0.2, -0.15) is 0 Å². The number of aromatic nitrogens is 2. The number of fused-ring (bicyclic) bond motifs is 2. The van der Waals surface area contributed by atoms with Gasteiger partial charge in [-0.1, -0.05) is 37.3 Å². The Hall–Kier alpha value is -3.37. The van der Waals surface area contributed by atoms with Crippen molar-refractivity contribution in [2.75, 3.05) is 13.1 Å². The zero-order valence-corrected chi connectivity index (χ0v) is 20.7. The molecule has 2 aromatic carbocycles. The fraction of sp³-hybridized carbons (Fsp3) is 0.323. The molecule has 1 atom stereocenters. The summed E-state index contributed by atoms with van der Waals surface area (Å²) >= 11 is 0. The summed E-state index contributed by atoms with van der Waals surface area (Å²) < 4.78 is 2.15. The number of phenolic OH excluding ortho intramolecular Hbond substituents is 1. The molecule has 1 aliphatic carbocycles. The van der Waals surface area contributed by atoms with Crippen molar-refractivity contribution in [1.82, 2.24) is 14.3 Å². The number of aryl methyl sites for hydroxylation is 2. The van der Waals surface area contributed by atoms with Crippen LogP contribution in [0.5, 0.6) is 5.75 Å². The quantitative estimate of drug-likeness (QED) is 0.376. The third-order valence-electron chi connectivity index (χ3n) is 7.70. The fourth-order valence-corrected chi connectivity index (χ4v) is 5.95. The van der Waals surface area contributed by atoms with E-state index in [0.29, 0.717) is 5.75 Å². The lowest BCUT2D eigenvalue weighted by atomic mass is 9.87. The van der Waals surface area contributed by atoms with Gasteiger partial charge < -0.3 is 9.51 Å². The highest BCUT2D eigenvalue weighted by atomic mass is 16.3. The molecular weight excluding hydrogens is 430 g/mol. The van der Waals surface area contributed by atoms with E-state index < -0.39 is 0 Å². The number of rotatable bonds is 4. The monoisotopic (exact) mass is 463 g/mol. The summed E-state index contributed by atoms with van der Waals surface area (Å²) in [5, 5.41) is 10.2. The zero-order valence-electron chi connectivity index (χ0n) is 20.7. The third kappa shape index (κ3) is 4.28. The van der Waals surface area contributed by atoms with Crippen LogP contribution in [0, 0.1) is 12.8 Å². The minimum absolute atomic E-state index is 0.340. The van der Waals surface area contributed by atoms with Gasteiger partial charge in [-0.25, -0.2) is 4.98 Å². The number of pyridine rings is 1. The van der Waals surface area contributed by atoms with E-state index in [1.807, 2.05) is 12.1 Å². The molecule has 2 aromatic heterocycles. The molecule has 178 valence electrons. The van der Waals surface area contributed by atoms with Crippen molar-refractivity contribution in [3.63, 3.8) is 0 Å². The lowest BCUT2D eigenvalue weighted by molar-refractivity contribution is 0.317. The topological polar surface area (TPSA) is 40.8 Å². The Bertz CT molecular complexity index is 1430. The van der Waals surface area contributed by atoms with Crippen LogP contribution in [-0.2, 0) is 13.0 Å². The molecule has 4 aromatic rings. The highest BCUT2D eigenvalue weighted by Crippen LogP contribution is 2.41. The Kier molecular flexibility index (Phi) is 5.69. The van der Waals surface area contributed by atoms with E-state index in [-0.39, 0.29) is 0 Å². The number of aromatic hydroxyl groups is 1. The van der Waals surface area contributed by atoms with E-state index in [2.05, 4.69) is 78.0 Å². The summed E-state index contributed by atoms with van der Waals surface area (Å²) in [5.41, 5.74) is 11.0. The molecule has 0 saturated carbocycles. The summed E-state index contributed by atoms with van der Waals surface area (Å²) in [6.45, 7) is 7.78. The number of hydrogen-bond donors (Lipinski definition) is 1. The Balaban J connectivity index is 1.49. The van der Waals surface area contributed by atoms with Crippen molar-refractivity contribution in [3.05, 3.63) is 101 Å². The first-order chi connectivity index (χ1) is 17.0. The van der Waals surface area contributed by atoms with Crippen LogP contribution >= 0.6 is 0 Å². The SMILES string of the molecule is Cc1ccccc1C1=C(c2ccn3cc(CN4CC[C@@H](C)C4)nc3c2)c2ccc(O)cc2CCC1. The smallest absolute Gasteiger partial charge is 0.137 e. The predicted molar refractivity (Wildman–Crippen MR) is 142 cm³/mol. The van der Waals surface area contributed by atoms with Crippen LogP contribution in [0.3, 0.4) is 0 Å². The molecule has 4 nitrogen and oxygen atoms in total. The van der Waals surface area contributed by atoms with Crippen LogP contribution in [-0.4, -0.2) is 32.5 Å². The molecule has 0 amide bonds. The maximum atomic E-state index is 10.2. The highest BCUT2D eigenvalue weighted by molar-refractivity contribution is 6.00. The lowest BCUT2D eigenvalue weighted by Gasteiger charge is -2.18. The Morgan fingerprint density at radius 2 is 1.91 bits per heavy atom. The van der Waals surface area contributed by atoms with Crippen LogP contribution in [0.2, 0.25) is 0 Å². The molecule has 0 spiro atoms. The number of hydrogen-bond acceptors (Lipinski definition) is 3. The van der Waals surface area contributed by atoms with Crippen LogP contribution in [0.15, 0.2) is 67.0 Å². The summed E-state index contributed by atoms with van der Waals surface area (Å²) in [4.78, 5) is 7.54. The van der Waals surface area contributed by atoms with Gasteiger partial charge >= 0.3 is 0 Å². The van der Waals surface area contributed by atoms with Crippen molar-refractivity contribution in [1.29, 1.82) is 0 Å². The summed E-state index contributed by atoms with van der Waals surface area (Å²) in [6.07, 6.45) is 8.65. The van der Waals surface area contributed by atoms with Gasteiger partial charge in [-0.15, -0.1) is 0 Å². The number of benzene rings is 2. The van der Waals surface area contributed by atoms with Crippen LogP contribution in [0.4, 0.5) is 0 Å². The van der Waals surface area contributed by atoms with Crippen molar-refractivity contribution >= 4 is 16.8 Å². The van der Waals surface area contributed by atoms with Gasteiger partial charge in [-0.05, 0) is 108 Å². The fourth-order valence-electron chi connectivity index (χ4n) is 5.95. The van der Waals surface area contributed by atoms with Gasteiger partial charge in [0.05, 0.1) is 5.69 Å². The Labute approximate surface area is 207 Å². The molecule has 1 N–H and O–H groups in total. The van der Waals surface area contributed by atoms with E-state index in [0.717, 1.165) is 56.2 Å². The summed E-state index contributed by atoms with van der Waals surface area (Å²) in [7, 11) is 0. The molecule has 3 heterocycles. The van der Waals surface area contributed by atoms with Gasteiger partial charge in [0.15, 0.2) is 0 Å². The average Bonchev–Trinajstić information content (AvgIpc) is 3.39. The van der Waals surface area contributed by atoms with Crippen LogP contribution in [0.25, 0.3) is 16.8 Å². The molecule has 4 heteroatoms. The maximum Gasteiger partial charge on any atom is 0.137 e. The van der Waals surface area contributed by atoms with Crippen LogP contribution < -0.4 is 0 Å². The minimum Gasteiger partial charge on any atom is -0.508 e. The average molecular weight is 464 g/mol. The Morgan fingerprint density at radius 1 is 1.03 bits per heavy atom. The second-order valence-corrected chi connectivity index (χ2v) is 10.4. The molecule has 0 bridgehead atoms. The molecule has 35 heavy (non-hydrogen) atoms. The van der Waals surface area contributed by atoms with Crippen molar-refractivity contribution in [3.8, 4) is 5.75 Å². The molecule has 6 rings (SSSR count). The normalized spacial score (nSPS) is 18.7. The van der Waals surface area contributed by atoms with E-state index in [4.69, 9.17) is 4.98 Å². The van der Waals surface area contributed by atoms with E-state index in [9.17, 15) is 5.11 Å². The molecule has 0 radical (unpaired) electrons. The Morgan fingerprint density at radius 3 is 2.74 bits per heavy atom. The lowest BCUT2D eigenvalue weighted by Crippen LogP contribution is -2.19. The maximum absolute atomic E-state index is 10.2.